The Labute approximate surface area is 102 Å². The van der Waals surface area contributed by atoms with E-state index < -0.39 is 0 Å². The summed E-state index contributed by atoms with van der Waals surface area (Å²) in [6, 6.07) is 1.32. The van der Waals surface area contributed by atoms with E-state index in [1.54, 1.807) is 0 Å². The maximum atomic E-state index is 5.56. The highest BCUT2D eigenvalue weighted by atomic mass is 16.5. The molecule has 1 aliphatic carbocycles. The normalized spacial score (nSPS) is 29.5. The predicted molar refractivity (Wildman–Crippen MR) is 65.8 cm³/mol. The smallest absolute Gasteiger partial charge is 0.0951 e. The Hall–Kier alpha value is -0.870. The second-order valence-electron chi connectivity index (χ2n) is 5.31. The molecule has 1 saturated heterocycles. The zero-order chi connectivity index (χ0) is 11.7. The first-order chi connectivity index (χ1) is 8.33. The molecular weight excluding hydrogens is 214 g/mol. The average Bonchev–Trinajstić information content (AvgIpc) is 3.06. The molecule has 1 saturated carbocycles. The number of hydrogen-bond donors (Lipinski definition) is 1. The first-order valence-corrected chi connectivity index (χ1v) is 6.68. The summed E-state index contributed by atoms with van der Waals surface area (Å²) in [7, 11) is 0. The lowest BCUT2D eigenvalue weighted by atomic mass is 10.0. The maximum Gasteiger partial charge on any atom is 0.0951 e. The molecule has 94 valence electrons. The van der Waals surface area contributed by atoms with Crippen molar-refractivity contribution >= 4 is 0 Å². The van der Waals surface area contributed by atoms with Crippen LogP contribution in [0, 0.1) is 0 Å². The lowest BCUT2D eigenvalue weighted by Gasteiger charge is -2.28. The van der Waals surface area contributed by atoms with Gasteiger partial charge in [0.25, 0.3) is 0 Å². The summed E-state index contributed by atoms with van der Waals surface area (Å²) >= 11 is 0. The Morgan fingerprint density at radius 3 is 3.12 bits per heavy atom. The number of nitrogens with zero attached hydrogens (tertiary/aromatic N) is 2. The third-order valence-electron chi connectivity index (χ3n) is 3.74. The van der Waals surface area contributed by atoms with E-state index in [-0.39, 0.29) is 0 Å². The molecule has 1 aromatic heterocycles. The van der Waals surface area contributed by atoms with Crippen molar-refractivity contribution in [3.8, 4) is 0 Å². The van der Waals surface area contributed by atoms with Crippen molar-refractivity contribution in [3.05, 3.63) is 18.2 Å². The molecule has 0 aromatic carbocycles. The second-order valence-corrected chi connectivity index (χ2v) is 5.31. The van der Waals surface area contributed by atoms with Gasteiger partial charge in [0.05, 0.1) is 18.1 Å². The largest absolute Gasteiger partial charge is 0.378 e. The molecule has 2 heterocycles. The highest BCUT2D eigenvalue weighted by Gasteiger charge is 2.25. The molecule has 1 aromatic rings. The molecular formula is C13H21N3O. The van der Waals surface area contributed by atoms with Gasteiger partial charge in [-0.1, -0.05) is 0 Å². The van der Waals surface area contributed by atoms with Gasteiger partial charge >= 0.3 is 0 Å². The molecule has 2 unspecified atom stereocenters. The van der Waals surface area contributed by atoms with Gasteiger partial charge < -0.3 is 14.6 Å². The van der Waals surface area contributed by atoms with Gasteiger partial charge in [-0.25, -0.2) is 4.98 Å². The van der Waals surface area contributed by atoms with Crippen molar-refractivity contribution in [3.63, 3.8) is 0 Å². The first kappa shape index (κ1) is 11.2. The third kappa shape index (κ3) is 2.69. The first-order valence-electron chi connectivity index (χ1n) is 6.68. The number of aromatic nitrogens is 2. The summed E-state index contributed by atoms with van der Waals surface area (Å²) < 4.78 is 7.89. The van der Waals surface area contributed by atoms with Gasteiger partial charge in [0.2, 0.25) is 0 Å². The summed E-state index contributed by atoms with van der Waals surface area (Å²) in [5.74, 6) is 0. The van der Waals surface area contributed by atoms with Crippen LogP contribution in [0.4, 0.5) is 0 Å². The lowest BCUT2D eigenvalue weighted by molar-refractivity contribution is 0.0129. The Balaban J connectivity index is 1.54. The van der Waals surface area contributed by atoms with Crippen molar-refractivity contribution < 1.29 is 4.74 Å². The van der Waals surface area contributed by atoms with Crippen LogP contribution in [-0.4, -0.2) is 28.3 Å². The van der Waals surface area contributed by atoms with Crippen LogP contribution in [0.2, 0.25) is 0 Å². The molecule has 0 amide bonds. The van der Waals surface area contributed by atoms with Crippen LogP contribution in [-0.2, 0) is 11.3 Å². The number of rotatable bonds is 4. The molecule has 4 nitrogen and oxygen atoms in total. The molecule has 3 rings (SSSR count). The molecule has 1 aliphatic heterocycles. The molecule has 4 heteroatoms. The van der Waals surface area contributed by atoms with Crippen molar-refractivity contribution in [1.82, 2.24) is 14.9 Å². The maximum absolute atomic E-state index is 5.56. The van der Waals surface area contributed by atoms with Crippen LogP contribution in [0.5, 0.6) is 0 Å². The van der Waals surface area contributed by atoms with Gasteiger partial charge in [-0.05, 0) is 32.6 Å². The Bertz CT molecular complexity index is 372. The van der Waals surface area contributed by atoms with E-state index >= 15 is 0 Å². The standard InChI is InChI=1S/C13H21N3O/c1-10-6-11(4-5-17-10)15-8-13-7-14-9-16(13)12-2-3-12/h7,9-12,15H,2-6,8H2,1H3. The van der Waals surface area contributed by atoms with Gasteiger partial charge in [0, 0.05) is 31.4 Å². The van der Waals surface area contributed by atoms with Gasteiger partial charge in [-0.3, -0.25) is 0 Å². The van der Waals surface area contributed by atoms with E-state index in [2.05, 4.69) is 21.8 Å². The Morgan fingerprint density at radius 1 is 1.47 bits per heavy atom. The quantitative estimate of drug-likeness (QED) is 0.866. The summed E-state index contributed by atoms with van der Waals surface area (Å²) in [6.07, 6.45) is 9.25. The highest BCUT2D eigenvalue weighted by Crippen LogP contribution is 2.35. The van der Waals surface area contributed by atoms with Gasteiger partial charge in [0.1, 0.15) is 0 Å². The minimum Gasteiger partial charge on any atom is -0.378 e. The van der Waals surface area contributed by atoms with Gasteiger partial charge in [0.15, 0.2) is 0 Å². The second kappa shape index (κ2) is 4.78. The SMILES string of the molecule is CC1CC(NCc2cncn2C2CC2)CCO1. The van der Waals surface area contributed by atoms with Crippen LogP contribution in [0.1, 0.15) is 44.3 Å². The minimum absolute atomic E-state index is 0.398. The number of ether oxygens (including phenoxy) is 1. The molecule has 0 radical (unpaired) electrons. The zero-order valence-electron chi connectivity index (χ0n) is 10.4. The Morgan fingerprint density at radius 2 is 2.35 bits per heavy atom. The van der Waals surface area contributed by atoms with E-state index in [1.165, 1.54) is 18.5 Å². The Kier molecular flexibility index (Phi) is 3.16. The van der Waals surface area contributed by atoms with Crippen molar-refractivity contribution in [2.75, 3.05) is 6.61 Å². The van der Waals surface area contributed by atoms with E-state index in [4.69, 9.17) is 4.74 Å². The number of imidazole rings is 1. The third-order valence-corrected chi connectivity index (χ3v) is 3.74. The fourth-order valence-electron chi connectivity index (χ4n) is 2.58. The molecule has 1 N–H and O–H groups in total. The number of nitrogens with one attached hydrogen (secondary N) is 1. The van der Waals surface area contributed by atoms with Gasteiger partial charge in [-0.15, -0.1) is 0 Å². The molecule has 0 spiro atoms. The average molecular weight is 235 g/mol. The van der Waals surface area contributed by atoms with E-state index in [0.29, 0.717) is 12.1 Å². The zero-order valence-corrected chi connectivity index (χ0v) is 10.4. The van der Waals surface area contributed by atoms with Crippen LogP contribution >= 0.6 is 0 Å². The fraction of sp³-hybridized carbons (Fsp3) is 0.769. The number of hydrogen-bond acceptors (Lipinski definition) is 3. The van der Waals surface area contributed by atoms with E-state index in [0.717, 1.165) is 32.0 Å². The topological polar surface area (TPSA) is 39.1 Å². The summed E-state index contributed by atoms with van der Waals surface area (Å²) in [5, 5.41) is 3.64. The monoisotopic (exact) mass is 235 g/mol. The van der Waals surface area contributed by atoms with Crippen LogP contribution in [0.3, 0.4) is 0 Å². The van der Waals surface area contributed by atoms with Crippen LogP contribution in [0.15, 0.2) is 12.5 Å². The van der Waals surface area contributed by atoms with Crippen molar-refractivity contribution in [2.24, 2.45) is 0 Å². The minimum atomic E-state index is 0.398. The molecule has 0 bridgehead atoms. The fourth-order valence-corrected chi connectivity index (χ4v) is 2.58. The van der Waals surface area contributed by atoms with E-state index in [9.17, 15) is 0 Å². The lowest BCUT2D eigenvalue weighted by Crippen LogP contribution is -2.37. The van der Waals surface area contributed by atoms with E-state index in [1.807, 2.05) is 12.5 Å². The molecule has 2 fully saturated rings. The predicted octanol–water partition coefficient (Wildman–Crippen LogP) is 1.88. The summed E-state index contributed by atoms with van der Waals surface area (Å²) in [5.41, 5.74) is 1.33. The van der Waals surface area contributed by atoms with Crippen LogP contribution in [0.25, 0.3) is 0 Å². The van der Waals surface area contributed by atoms with Crippen molar-refractivity contribution in [1.29, 1.82) is 0 Å². The van der Waals surface area contributed by atoms with Crippen LogP contribution < -0.4 is 5.32 Å². The summed E-state index contributed by atoms with van der Waals surface area (Å²) in [4.78, 5) is 4.26. The molecule has 17 heavy (non-hydrogen) atoms. The van der Waals surface area contributed by atoms with Crippen molar-refractivity contribution in [2.45, 2.75) is 57.3 Å². The van der Waals surface area contributed by atoms with Gasteiger partial charge in [-0.2, -0.15) is 0 Å². The molecule has 2 atom stereocenters. The highest BCUT2D eigenvalue weighted by molar-refractivity contribution is 5.03. The summed E-state index contributed by atoms with van der Waals surface area (Å²) in [6.45, 7) is 3.98. The molecule has 2 aliphatic rings.